The van der Waals surface area contributed by atoms with Gasteiger partial charge in [0.2, 0.25) is 10.0 Å². The van der Waals surface area contributed by atoms with Gasteiger partial charge in [0.15, 0.2) is 0 Å². The van der Waals surface area contributed by atoms with Crippen LogP contribution in [0, 0.1) is 0 Å². The summed E-state index contributed by atoms with van der Waals surface area (Å²) in [6.45, 7) is 4.56. The molecule has 0 radical (unpaired) electrons. The number of pyridine rings is 1. The smallest absolute Gasteiger partial charge is 0.243 e. The van der Waals surface area contributed by atoms with E-state index in [1.807, 2.05) is 13.8 Å². The fourth-order valence-electron chi connectivity index (χ4n) is 1.99. The fraction of sp³-hybridized carbons (Fsp3) is 0.308. The van der Waals surface area contributed by atoms with Crippen molar-refractivity contribution in [1.29, 1.82) is 0 Å². The van der Waals surface area contributed by atoms with Crippen LogP contribution in [0.5, 0.6) is 0 Å². The Labute approximate surface area is 113 Å². The van der Waals surface area contributed by atoms with Crippen molar-refractivity contribution >= 4 is 26.7 Å². The minimum Gasteiger partial charge on any atom is -0.384 e. The summed E-state index contributed by atoms with van der Waals surface area (Å²) in [5, 5.41) is 0.766. The lowest BCUT2D eigenvalue weighted by Gasteiger charge is -2.18. The third-order valence-electron chi connectivity index (χ3n) is 3.03. The van der Waals surface area contributed by atoms with Crippen LogP contribution in [-0.2, 0) is 10.0 Å². The molecule has 0 bridgehead atoms. The lowest BCUT2D eigenvalue weighted by Crippen LogP contribution is -2.30. The number of benzene rings is 1. The Morgan fingerprint density at radius 2 is 1.84 bits per heavy atom. The van der Waals surface area contributed by atoms with Gasteiger partial charge in [0.25, 0.3) is 0 Å². The number of nitrogen functional groups attached to an aromatic ring is 1. The molecule has 5 nitrogen and oxygen atoms in total. The Morgan fingerprint density at radius 1 is 1.16 bits per heavy atom. The number of rotatable bonds is 4. The van der Waals surface area contributed by atoms with Crippen LogP contribution >= 0.6 is 0 Å². The van der Waals surface area contributed by atoms with E-state index in [1.165, 1.54) is 4.31 Å². The number of hydrogen-bond acceptors (Lipinski definition) is 4. The van der Waals surface area contributed by atoms with Gasteiger partial charge in [0.1, 0.15) is 5.82 Å². The second-order valence-corrected chi connectivity index (χ2v) is 6.12. The molecule has 2 aromatic rings. The van der Waals surface area contributed by atoms with E-state index in [2.05, 4.69) is 4.98 Å². The van der Waals surface area contributed by atoms with Gasteiger partial charge < -0.3 is 5.73 Å². The lowest BCUT2D eigenvalue weighted by molar-refractivity contribution is 0.445. The average Bonchev–Trinajstić information content (AvgIpc) is 2.39. The van der Waals surface area contributed by atoms with E-state index in [4.69, 9.17) is 5.73 Å². The Morgan fingerprint density at radius 3 is 2.47 bits per heavy atom. The summed E-state index contributed by atoms with van der Waals surface area (Å²) in [6.07, 6.45) is 0. The molecule has 0 amide bonds. The summed E-state index contributed by atoms with van der Waals surface area (Å²) < 4.78 is 26.2. The van der Waals surface area contributed by atoms with Crippen molar-refractivity contribution in [2.75, 3.05) is 18.8 Å². The number of fused-ring (bicyclic) bond motifs is 1. The van der Waals surface area contributed by atoms with Gasteiger partial charge in [-0.3, -0.25) is 0 Å². The van der Waals surface area contributed by atoms with Crippen molar-refractivity contribution in [2.24, 2.45) is 0 Å². The molecule has 0 saturated heterocycles. The van der Waals surface area contributed by atoms with Crippen LogP contribution in [0.1, 0.15) is 13.8 Å². The number of nitrogens with zero attached hydrogens (tertiary/aromatic N) is 2. The van der Waals surface area contributed by atoms with E-state index in [1.54, 1.807) is 30.3 Å². The van der Waals surface area contributed by atoms with E-state index in [0.29, 0.717) is 24.4 Å². The van der Waals surface area contributed by atoms with Crippen molar-refractivity contribution in [3.63, 3.8) is 0 Å². The highest BCUT2D eigenvalue weighted by Gasteiger charge is 2.21. The summed E-state index contributed by atoms with van der Waals surface area (Å²) in [5.74, 6) is 0.423. The van der Waals surface area contributed by atoms with Gasteiger partial charge in [0.05, 0.1) is 10.4 Å². The van der Waals surface area contributed by atoms with Gasteiger partial charge in [-0.1, -0.05) is 13.8 Å². The summed E-state index contributed by atoms with van der Waals surface area (Å²) in [6, 6.07) is 8.33. The molecule has 0 spiro atoms. The zero-order valence-corrected chi connectivity index (χ0v) is 11.8. The predicted octanol–water partition coefficient (Wildman–Crippen LogP) is 1.85. The number of sulfonamides is 1. The molecule has 0 unspecified atom stereocenters. The second kappa shape index (κ2) is 5.14. The highest BCUT2D eigenvalue weighted by Crippen LogP contribution is 2.21. The van der Waals surface area contributed by atoms with E-state index < -0.39 is 10.0 Å². The maximum Gasteiger partial charge on any atom is 0.243 e. The summed E-state index contributed by atoms with van der Waals surface area (Å²) in [4.78, 5) is 4.44. The number of hydrogen-bond donors (Lipinski definition) is 1. The summed E-state index contributed by atoms with van der Waals surface area (Å²) in [5.41, 5.74) is 6.29. The normalized spacial score (nSPS) is 12.2. The van der Waals surface area contributed by atoms with Gasteiger partial charge >= 0.3 is 0 Å². The zero-order valence-electron chi connectivity index (χ0n) is 11.0. The first-order valence-electron chi connectivity index (χ1n) is 6.15. The molecule has 1 aromatic heterocycles. The van der Waals surface area contributed by atoms with E-state index in [-0.39, 0.29) is 4.90 Å². The first kappa shape index (κ1) is 13.8. The van der Waals surface area contributed by atoms with Crippen LogP contribution in [0.15, 0.2) is 35.2 Å². The topological polar surface area (TPSA) is 76.3 Å². The molecule has 0 atom stereocenters. The molecule has 102 valence electrons. The summed E-state index contributed by atoms with van der Waals surface area (Å²) >= 11 is 0. The minimum atomic E-state index is -3.43. The number of nitrogens with two attached hydrogens (primary N) is 1. The molecule has 2 rings (SSSR count). The Hall–Kier alpha value is -1.66. The van der Waals surface area contributed by atoms with Crippen molar-refractivity contribution in [2.45, 2.75) is 18.7 Å². The third-order valence-corrected chi connectivity index (χ3v) is 5.07. The number of anilines is 1. The number of aromatic nitrogens is 1. The molecular formula is C13H17N3O2S. The second-order valence-electron chi connectivity index (χ2n) is 4.18. The van der Waals surface area contributed by atoms with Crippen LogP contribution in [0.2, 0.25) is 0 Å². The van der Waals surface area contributed by atoms with Crippen molar-refractivity contribution < 1.29 is 8.42 Å². The molecule has 0 fully saturated rings. The molecule has 1 aromatic carbocycles. The molecule has 0 saturated carbocycles. The van der Waals surface area contributed by atoms with E-state index >= 15 is 0 Å². The Balaban J connectivity index is 2.55. The fourth-order valence-corrected chi connectivity index (χ4v) is 3.49. The molecule has 2 N–H and O–H groups in total. The third kappa shape index (κ3) is 2.54. The highest BCUT2D eigenvalue weighted by molar-refractivity contribution is 7.89. The predicted molar refractivity (Wildman–Crippen MR) is 76.3 cm³/mol. The van der Waals surface area contributed by atoms with E-state index in [9.17, 15) is 8.42 Å². The largest absolute Gasteiger partial charge is 0.384 e. The molecule has 1 heterocycles. The monoisotopic (exact) mass is 279 g/mol. The molecule has 6 heteroatoms. The van der Waals surface area contributed by atoms with Crippen LogP contribution in [-0.4, -0.2) is 30.8 Å². The molecule has 19 heavy (non-hydrogen) atoms. The van der Waals surface area contributed by atoms with Crippen LogP contribution in [0.4, 0.5) is 5.82 Å². The van der Waals surface area contributed by atoms with Gasteiger partial charge in [-0.2, -0.15) is 4.31 Å². The maximum absolute atomic E-state index is 12.4. The zero-order chi connectivity index (χ0) is 14.0. The van der Waals surface area contributed by atoms with Crippen LogP contribution in [0.25, 0.3) is 10.9 Å². The van der Waals surface area contributed by atoms with Crippen molar-refractivity contribution in [3.8, 4) is 0 Å². The minimum absolute atomic E-state index is 0.287. The molecule has 0 aliphatic rings. The molecule has 0 aliphatic heterocycles. The summed E-state index contributed by atoms with van der Waals surface area (Å²) in [7, 11) is -3.43. The first-order valence-corrected chi connectivity index (χ1v) is 7.59. The highest BCUT2D eigenvalue weighted by atomic mass is 32.2. The van der Waals surface area contributed by atoms with E-state index in [0.717, 1.165) is 5.39 Å². The standard InChI is InChI=1S/C13H17N3O2S/c1-3-16(4-2)19(17,18)11-6-7-12-10(9-11)5-8-13(14)15-12/h5-9H,3-4H2,1-2H3,(H2,14,15). The van der Waals surface area contributed by atoms with Gasteiger partial charge in [-0.25, -0.2) is 13.4 Å². The van der Waals surface area contributed by atoms with Crippen molar-refractivity contribution in [3.05, 3.63) is 30.3 Å². The lowest BCUT2D eigenvalue weighted by atomic mass is 10.2. The first-order chi connectivity index (χ1) is 8.98. The van der Waals surface area contributed by atoms with Gasteiger partial charge in [0, 0.05) is 18.5 Å². The maximum atomic E-state index is 12.4. The Kier molecular flexibility index (Phi) is 3.73. The van der Waals surface area contributed by atoms with Crippen molar-refractivity contribution in [1.82, 2.24) is 9.29 Å². The SMILES string of the molecule is CCN(CC)S(=O)(=O)c1ccc2nc(N)ccc2c1. The Bertz CT molecular complexity index is 694. The quantitative estimate of drug-likeness (QED) is 0.926. The molecular weight excluding hydrogens is 262 g/mol. The molecule has 0 aliphatic carbocycles. The van der Waals surface area contributed by atoms with Crippen LogP contribution < -0.4 is 5.73 Å². The van der Waals surface area contributed by atoms with Gasteiger partial charge in [-0.05, 0) is 30.3 Å². The van der Waals surface area contributed by atoms with Crippen LogP contribution in [0.3, 0.4) is 0 Å². The van der Waals surface area contributed by atoms with Gasteiger partial charge in [-0.15, -0.1) is 0 Å². The average molecular weight is 279 g/mol.